The number of sulfonamides is 1. The molecule has 118 valence electrons. The molecular weight excluding hydrogens is 302 g/mol. The van der Waals surface area contributed by atoms with Gasteiger partial charge in [-0.2, -0.15) is 0 Å². The molecule has 0 radical (unpaired) electrons. The van der Waals surface area contributed by atoms with E-state index in [-0.39, 0.29) is 6.61 Å². The molecule has 0 fully saturated rings. The molecule has 0 amide bonds. The fourth-order valence-corrected chi connectivity index (χ4v) is 2.56. The van der Waals surface area contributed by atoms with E-state index in [1.807, 2.05) is 36.4 Å². The first-order valence-electron chi connectivity index (χ1n) is 6.86. The van der Waals surface area contributed by atoms with Crippen LogP contribution in [-0.2, 0) is 23.1 Å². The lowest BCUT2D eigenvalue weighted by molar-refractivity contribution is 0.298. The maximum Gasteiger partial charge on any atom is 0.229 e. The minimum Gasteiger partial charge on any atom is -0.487 e. The highest BCUT2D eigenvalue weighted by Gasteiger charge is 2.10. The molecule has 0 aliphatic carbocycles. The third-order valence-corrected chi connectivity index (χ3v) is 3.57. The zero-order valence-electron chi connectivity index (χ0n) is 12.3. The number of rotatable bonds is 7. The van der Waals surface area contributed by atoms with Crippen LogP contribution in [0.25, 0.3) is 0 Å². The Hall–Kier alpha value is -2.05. The standard InChI is InChI=1S/C16H19NO4S/c1-22(19,20)17-15-11-13(9-10-18)7-8-16(15)21-12-14-5-3-2-4-6-14/h2-8,11,17-18H,9-10,12H2,1H3. The predicted octanol–water partition coefficient (Wildman–Crippen LogP) is 2.17. The second kappa shape index (κ2) is 7.29. The molecule has 0 spiro atoms. The van der Waals surface area contributed by atoms with Crippen molar-refractivity contribution in [1.29, 1.82) is 0 Å². The molecular formula is C16H19NO4S. The molecule has 6 heteroatoms. The van der Waals surface area contributed by atoms with Crippen LogP contribution in [0.5, 0.6) is 5.75 Å². The Kier molecular flexibility index (Phi) is 5.41. The quantitative estimate of drug-likeness (QED) is 0.819. The fraction of sp³-hybridized carbons (Fsp3) is 0.250. The van der Waals surface area contributed by atoms with Crippen LogP contribution in [-0.4, -0.2) is 26.4 Å². The minimum atomic E-state index is -3.41. The molecule has 0 aliphatic heterocycles. The molecule has 0 saturated heterocycles. The minimum absolute atomic E-state index is 0.00251. The smallest absolute Gasteiger partial charge is 0.229 e. The second-order valence-corrected chi connectivity index (χ2v) is 6.70. The van der Waals surface area contributed by atoms with Gasteiger partial charge in [0.2, 0.25) is 10.0 Å². The number of hydrogen-bond donors (Lipinski definition) is 2. The zero-order chi connectivity index (χ0) is 16.0. The number of nitrogens with one attached hydrogen (secondary N) is 1. The highest BCUT2D eigenvalue weighted by Crippen LogP contribution is 2.27. The van der Waals surface area contributed by atoms with Gasteiger partial charge in [-0.1, -0.05) is 36.4 Å². The second-order valence-electron chi connectivity index (χ2n) is 4.95. The number of hydrogen-bond acceptors (Lipinski definition) is 4. The number of ether oxygens (including phenoxy) is 1. The lowest BCUT2D eigenvalue weighted by Crippen LogP contribution is -2.11. The van der Waals surface area contributed by atoms with Gasteiger partial charge in [0.1, 0.15) is 12.4 Å². The van der Waals surface area contributed by atoms with Crippen LogP contribution in [0, 0.1) is 0 Å². The first kappa shape index (κ1) is 16.3. The average Bonchev–Trinajstić information content (AvgIpc) is 2.46. The van der Waals surface area contributed by atoms with Gasteiger partial charge < -0.3 is 9.84 Å². The van der Waals surface area contributed by atoms with Crippen molar-refractivity contribution in [2.75, 3.05) is 17.6 Å². The van der Waals surface area contributed by atoms with Gasteiger partial charge in [-0.3, -0.25) is 4.72 Å². The largest absolute Gasteiger partial charge is 0.487 e. The summed E-state index contributed by atoms with van der Waals surface area (Å²) >= 11 is 0. The van der Waals surface area contributed by atoms with E-state index >= 15 is 0 Å². The van der Waals surface area contributed by atoms with Crippen LogP contribution in [0.2, 0.25) is 0 Å². The first-order valence-corrected chi connectivity index (χ1v) is 8.75. The van der Waals surface area contributed by atoms with Crippen molar-refractivity contribution in [1.82, 2.24) is 0 Å². The van der Waals surface area contributed by atoms with E-state index in [4.69, 9.17) is 9.84 Å². The summed E-state index contributed by atoms with van der Waals surface area (Å²) in [6.45, 7) is 0.348. The summed E-state index contributed by atoms with van der Waals surface area (Å²) in [7, 11) is -3.41. The van der Waals surface area contributed by atoms with Gasteiger partial charge in [0.25, 0.3) is 0 Å². The van der Waals surface area contributed by atoms with Crippen molar-refractivity contribution in [2.24, 2.45) is 0 Å². The summed E-state index contributed by atoms with van der Waals surface area (Å²) in [4.78, 5) is 0. The van der Waals surface area contributed by atoms with Crippen molar-refractivity contribution in [2.45, 2.75) is 13.0 Å². The van der Waals surface area contributed by atoms with Crippen LogP contribution < -0.4 is 9.46 Å². The summed E-state index contributed by atoms with van der Waals surface area (Å²) in [6, 6.07) is 14.8. The van der Waals surface area contributed by atoms with Crippen LogP contribution in [0.15, 0.2) is 48.5 Å². The average molecular weight is 321 g/mol. The summed E-state index contributed by atoms with van der Waals surface area (Å²) in [5.74, 6) is 0.455. The Balaban J connectivity index is 2.21. The van der Waals surface area contributed by atoms with Gasteiger partial charge in [-0.15, -0.1) is 0 Å². The van der Waals surface area contributed by atoms with Crippen LogP contribution in [0.1, 0.15) is 11.1 Å². The molecule has 2 aromatic carbocycles. The number of aliphatic hydroxyl groups excluding tert-OH is 1. The monoisotopic (exact) mass is 321 g/mol. The third-order valence-electron chi connectivity index (χ3n) is 2.98. The van der Waals surface area contributed by atoms with Crippen LogP contribution in [0.3, 0.4) is 0 Å². The summed E-state index contributed by atoms with van der Waals surface area (Å²) in [6.07, 6.45) is 1.55. The van der Waals surface area contributed by atoms with Gasteiger partial charge >= 0.3 is 0 Å². The van der Waals surface area contributed by atoms with Gasteiger partial charge in [-0.25, -0.2) is 8.42 Å². The molecule has 0 aliphatic rings. The van der Waals surface area contributed by atoms with E-state index in [9.17, 15) is 8.42 Å². The summed E-state index contributed by atoms with van der Waals surface area (Å²) in [5, 5.41) is 8.99. The van der Waals surface area contributed by atoms with E-state index in [2.05, 4.69) is 4.72 Å². The molecule has 2 rings (SSSR count). The third kappa shape index (κ3) is 5.05. The molecule has 22 heavy (non-hydrogen) atoms. The predicted molar refractivity (Wildman–Crippen MR) is 86.5 cm³/mol. The van der Waals surface area contributed by atoms with Crippen molar-refractivity contribution in [3.63, 3.8) is 0 Å². The molecule has 0 atom stereocenters. The van der Waals surface area contributed by atoms with E-state index in [1.54, 1.807) is 12.1 Å². The fourth-order valence-electron chi connectivity index (χ4n) is 2.00. The number of aliphatic hydroxyl groups is 1. The molecule has 5 nitrogen and oxygen atoms in total. The van der Waals surface area contributed by atoms with Crippen molar-refractivity contribution >= 4 is 15.7 Å². The normalized spacial score (nSPS) is 11.2. The maximum atomic E-state index is 11.5. The van der Waals surface area contributed by atoms with Gasteiger partial charge in [0, 0.05) is 6.61 Å². The highest BCUT2D eigenvalue weighted by atomic mass is 32.2. The Morgan fingerprint density at radius 2 is 1.82 bits per heavy atom. The molecule has 0 bridgehead atoms. The van der Waals surface area contributed by atoms with E-state index in [1.165, 1.54) is 0 Å². The molecule has 0 saturated carbocycles. The SMILES string of the molecule is CS(=O)(=O)Nc1cc(CCO)ccc1OCc1ccccc1. The van der Waals surface area contributed by atoms with Crippen molar-refractivity contribution in [3.8, 4) is 5.75 Å². The van der Waals surface area contributed by atoms with Gasteiger partial charge in [0.05, 0.1) is 11.9 Å². The van der Waals surface area contributed by atoms with Crippen LogP contribution in [0.4, 0.5) is 5.69 Å². The first-order chi connectivity index (χ1) is 10.5. The lowest BCUT2D eigenvalue weighted by Gasteiger charge is -2.14. The van der Waals surface area contributed by atoms with Crippen LogP contribution >= 0.6 is 0 Å². The Labute approximate surface area is 130 Å². The van der Waals surface area contributed by atoms with E-state index < -0.39 is 10.0 Å². The maximum absolute atomic E-state index is 11.5. The highest BCUT2D eigenvalue weighted by molar-refractivity contribution is 7.92. The van der Waals surface area contributed by atoms with Gasteiger partial charge in [-0.05, 0) is 29.7 Å². The molecule has 0 heterocycles. The lowest BCUT2D eigenvalue weighted by atomic mass is 10.1. The van der Waals surface area contributed by atoms with E-state index in [0.29, 0.717) is 24.5 Å². The summed E-state index contributed by atoms with van der Waals surface area (Å²) in [5.41, 5.74) is 2.21. The summed E-state index contributed by atoms with van der Waals surface area (Å²) < 4.78 is 31.1. The molecule has 0 aromatic heterocycles. The number of anilines is 1. The topological polar surface area (TPSA) is 75.6 Å². The van der Waals surface area contributed by atoms with Crippen molar-refractivity contribution < 1.29 is 18.3 Å². The number of benzene rings is 2. The molecule has 2 aromatic rings. The van der Waals surface area contributed by atoms with Crippen molar-refractivity contribution in [3.05, 3.63) is 59.7 Å². The zero-order valence-corrected chi connectivity index (χ0v) is 13.1. The Morgan fingerprint density at radius 3 is 2.45 bits per heavy atom. The Bertz CT molecular complexity index is 714. The Morgan fingerprint density at radius 1 is 1.09 bits per heavy atom. The molecule has 0 unspecified atom stereocenters. The molecule has 2 N–H and O–H groups in total. The van der Waals surface area contributed by atoms with Gasteiger partial charge in [0.15, 0.2) is 0 Å². The van der Waals surface area contributed by atoms with E-state index in [0.717, 1.165) is 17.4 Å².